The highest BCUT2D eigenvalue weighted by molar-refractivity contribution is 6.81. The van der Waals surface area contributed by atoms with Gasteiger partial charge in [-0.15, -0.1) is 0 Å². The maximum atomic E-state index is 9.45. The van der Waals surface area contributed by atoms with Crippen LogP contribution >= 0.6 is 0 Å². The molecule has 1 N–H and O–H groups in total. The molecule has 0 aliphatic rings. The third kappa shape index (κ3) is 2.41. The average Bonchev–Trinajstić information content (AvgIpc) is 2.31. The third-order valence-electron chi connectivity index (χ3n) is 2.25. The molecule has 0 saturated carbocycles. The molecule has 0 spiro atoms. The van der Waals surface area contributed by atoms with Crippen molar-refractivity contribution in [2.45, 2.75) is 0 Å². The molecule has 2 nitrogen and oxygen atoms in total. The highest BCUT2D eigenvalue weighted by Crippen LogP contribution is 2.04. The van der Waals surface area contributed by atoms with Crippen molar-refractivity contribution in [3.05, 3.63) is 54.6 Å². The van der Waals surface area contributed by atoms with Crippen LogP contribution in [-0.4, -0.2) is 24.6 Å². The molecule has 0 amide bonds. The fraction of sp³-hybridized carbons (Fsp3) is 0. The molecule has 0 heterocycles. The summed E-state index contributed by atoms with van der Waals surface area (Å²) in [6.07, 6.45) is 0. The van der Waals surface area contributed by atoms with Gasteiger partial charge in [-0.2, -0.15) is 0 Å². The van der Waals surface area contributed by atoms with Crippen molar-refractivity contribution in [1.29, 1.82) is 0 Å². The lowest BCUT2D eigenvalue weighted by Crippen LogP contribution is -2.44. The second-order valence-electron chi connectivity index (χ2n) is 3.35. The fourth-order valence-corrected chi connectivity index (χ4v) is 3.82. The number of hydrogen-bond donors (Lipinski definition) is 1. The molecule has 2 aromatic carbocycles. The number of benzene rings is 2. The Hall–Kier alpha value is -1.37. The van der Waals surface area contributed by atoms with E-state index in [-0.39, 0.29) is 5.75 Å². The quantitative estimate of drug-likeness (QED) is 0.799. The van der Waals surface area contributed by atoms with Crippen LogP contribution in [0, 0.1) is 0 Å². The monoisotopic (exact) mass is 242 g/mol. The number of aromatic hydroxyl groups is 1. The van der Waals surface area contributed by atoms with E-state index in [1.54, 1.807) is 12.1 Å². The minimum Gasteiger partial charge on any atom is -0.508 e. The van der Waals surface area contributed by atoms with Crippen LogP contribution in [0.2, 0.25) is 0 Å². The summed E-state index contributed by atoms with van der Waals surface area (Å²) >= 11 is 0. The minimum atomic E-state index is -1.31. The zero-order valence-corrected chi connectivity index (χ0v) is 10.6. The maximum Gasteiger partial charge on any atom is 0.271 e. The van der Waals surface area contributed by atoms with E-state index in [9.17, 15) is 5.11 Å². The van der Waals surface area contributed by atoms with Crippen LogP contribution in [-0.2, 0) is 4.12 Å². The van der Waals surface area contributed by atoms with Gasteiger partial charge < -0.3 is 9.22 Å². The standard InChI is InChI=1S/C12H10O2Si2/c13-10-5-4-8-12(9-10)16(14-15)11-6-2-1-3-7-11/h1-9,13H. The first-order valence-corrected chi connectivity index (χ1v) is 6.68. The van der Waals surface area contributed by atoms with E-state index in [0.29, 0.717) is 0 Å². The van der Waals surface area contributed by atoms with Crippen LogP contribution in [0.5, 0.6) is 5.75 Å². The zero-order valence-electron chi connectivity index (χ0n) is 8.55. The van der Waals surface area contributed by atoms with Gasteiger partial charge in [0.25, 0.3) is 9.04 Å². The maximum absolute atomic E-state index is 9.45. The van der Waals surface area contributed by atoms with Gasteiger partial charge in [-0.1, -0.05) is 42.5 Å². The zero-order chi connectivity index (χ0) is 11.4. The van der Waals surface area contributed by atoms with Crippen molar-refractivity contribution in [2.24, 2.45) is 0 Å². The molecule has 2 aromatic rings. The molecule has 0 saturated heterocycles. The molecule has 0 unspecified atom stereocenters. The summed E-state index contributed by atoms with van der Waals surface area (Å²) in [7, 11) is 1.82. The Kier molecular flexibility index (Phi) is 3.56. The minimum absolute atomic E-state index is 0.264. The highest BCUT2D eigenvalue weighted by Gasteiger charge is 2.17. The predicted molar refractivity (Wildman–Crippen MR) is 66.4 cm³/mol. The van der Waals surface area contributed by atoms with Crippen molar-refractivity contribution in [1.82, 2.24) is 0 Å². The predicted octanol–water partition coefficient (Wildman–Crippen LogP) is 0.598. The fourth-order valence-electron chi connectivity index (χ4n) is 1.52. The van der Waals surface area contributed by atoms with Gasteiger partial charge in [0.15, 0.2) is 0 Å². The van der Waals surface area contributed by atoms with Gasteiger partial charge in [0, 0.05) is 0 Å². The molecular weight excluding hydrogens is 232 g/mol. The van der Waals surface area contributed by atoms with Gasteiger partial charge in [0.05, 0.1) is 0 Å². The Morgan fingerprint density at radius 2 is 1.62 bits per heavy atom. The lowest BCUT2D eigenvalue weighted by molar-refractivity contribution is 0.475. The number of hydrogen-bond acceptors (Lipinski definition) is 2. The van der Waals surface area contributed by atoms with Gasteiger partial charge in [-0.3, -0.25) is 0 Å². The smallest absolute Gasteiger partial charge is 0.271 e. The molecule has 4 radical (unpaired) electrons. The molecule has 0 atom stereocenters. The van der Waals surface area contributed by atoms with Crippen LogP contribution < -0.4 is 10.4 Å². The van der Waals surface area contributed by atoms with Crippen LogP contribution in [0.4, 0.5) is 0 Å². The van der Waals surface area contributed by atoms with Gasteiger partial charge in [0.2, 0.25) is 10.5 Å². The first-order valence-electron chi connectivity index (χ1n) is 4.86. The lowest BCUT2D eigenvalue weighted by atomic mass is 10.3. The van der Waals surface area contributed by atoms with E-state index < -0.39 is 9.04 Å². The number of phenols is 1. The molecule has 0 fully saturated rings. The van der Waals surface area contributed by atoms with Crippen LogP contribution in [0.25, 0.3) is 0 Å². The summed E-state index contributed by atoms with van der Waals surface area (Å²) in [4.78, 5) is 0. The van der Waals surface area contributed by atoms with Gasteiger partial charge in [0.1, 0.15) is 5.75 Å². The van der Waals surface area contributed by atoms with E-state index in [1.807, 2.05) is 42.5 Å². The molecule has 2 rings (SSSR count). The Morgan fingerprint density at radius 3 is 2.25 bits per heavy atom. The van der Waals surface area contributed by atoms with Crippen LogP contribution in [0.15, 0.2) is 54.6 Å². The second-order valence-corrected chi connectivity index (χ2v) is 5.98. The Labute approximate surface area is 99.8 Å². The van der Waals surface area contributed by atoms with Crippen molar-refractivity contribution < 1.29 is 9.22 Å². The van der Waals surface area contributed by atoms with E-state index in [2.05, 4.69) is 10.5 Å². The molecule has 0 aliphatic carbocycles. The third-order valence-corrected chi connectivity index (χ3v) is 4.76. The molecule has 4 heteroatoms. The van der Waals surface area contributed by atoms with E-state index >= 15 is 0 Å². The highest BCUT2D eigenvalue weighted by atomic mass is 28.3. The van der Waals surface area contributed by atoms with E-state index in [0.717, 1.165) is 10.4 Å². The molecule has 16 heavy (non-hydrogen) atoms. The van der Waals surface area contributed by atoms with E-state index in [4.69, 9.17) is 4.12 Å². The van der Waals surface area contributed by atoms with Gasteiger partial charge in [-0.05, 0) is 22.5 Å². The summed E-state index contributed by atoms with van der Waals surface area (Å²) in [5, 5.41) is 11.6. The Bertz CT molecular complexity index is 460. The largest absolute Gasteiger partial charge is 0.508 e. The first kappa shape index (κ1) is 11.1. The Balaban J connectivity index is 2.37. The SMILES string of the molecule is Oc1cccc([Si](O[Si])c2ccccc2)c1. The summed E-state index contributed by atoms with van der Waals surface area (Å²) in [5.41, 5.74) is 0. The Morgan fingerprint density at radius 1 is 0.938 bits per heavy atom. The summed E-state index contributed by atoms with van der Waals surface area (Å²) in [6.45, 7) is 0. The average molecular weight is 242 g/mol. The summed E-state index contributed by atoms with van der Waals surface area (Å²) in [6, 6.07) is 17.2. The summed E-state index contributed by atoms with van der Waals surface area (Å²) in [5.74, 6) is 0.264. The lowest BCUT2D eigenvalue weighted by Gasteiger charge is -2.13. The molecule has 78 valence electrons. The van der Waals surface area contributed by atoms with Crippen LogP contribution in [0.1, 0.15) is 0 Å². The number of rotatable bonds is 3. The van der Waals surface area contributed by atoms with Crippen molar-refractivity contribution >= 4 is 29.9 Å². The molecular formula is C12H10O2Si2. The molecule has 0 aromatic heterocycles. The van der Waals surface area contributed by atoms with E-state index in [1.165, 1.54) is 0 Å². The van der Waals surface area contributed by atoms with Crippen molar-refractivity contribution in [2.75, 3.05) is 0 Å². The molecule has 0 bridgehead atoms. The summed E-state index contributed by atoms with van der Waals surface area (Å²) < 4.78 is 5.37. The normalized spacial score (nSPS) is 10.6. The van der Waals surface area contributed by atoms with Crippen LogP contribution in [0.3, 0.4) is 0 Å². The van der Waals surface area contributed by atoms with Gasteiger partial charge >= 0.3 is 0 Å². The number of phenolic OH excluding ortho intramolecular Hbond substituents is 1. The first-order chi connectivity index (χ1) is 7.81. The topological polar surface area (TPSA) is 29.5 Å². The van der Waals surface area contributed by atoms with Gasteiger partial charge in [-0.25, -0.2) is 0 Å². The second kappa shape index (κ2) is 5.11. The van der Waals surface area contributed by atoms with Crippen molar-refractivity contribution in [3.8, 4) is 5.75 Å². The van der Waals surface area contributed by atoms with Crippen molar-refractivity contribution in [3.63, 3.8) is 0 Å². The molecule has 0 aliphatic heterocycles.